The molecule has 1 atom stereocenters. The first kappa shape index (κ1) is 9.26. The Kier molecular flexibility index (Phi) is 3.29. The van der Waals surface area contributed by atoms with Crippen LogP contribution in [0.1, 0.15) is 32.0 Å². The van der Waals surface area contributed by atoms with E-state index in [1.807, 2.05) is 17.9 Å². The van der Waals surface area contributed by atoms with E-state index in [9.17, 15) is 0 Å². The minimum Gasteiger partial charge on any atom is -0.309 e. The van der Waals surface area contributed by atoms with Crippen molar-refractivity contribution < 1.29 is 0 Å². The Labute approximate surface area is 73.8 Å². The molecule has 0 fully saturated rings. The van der Waals surface area contributed by atoms with Gasteiger partial charge < -0.3 is 5.32 Å². The van der Waals surface area contributed by atoms with E-state index in [1.54, 1.807) is 0 Å². The van der Waals surface area contributed by atoms with Crippen molar-refractivity contribution >= 4 is 0 Å². The molecule has 0 aliphatic rings. The third-order valence-electron chi connectivity index (χ3n) is 2.07. The number of rotatable bonds is 4. The van der Waals surface area contributed by atoms with Gasteiger partial charge in [-0.05, 0) is 19.0 Å². The monoisotopic (exact) mass is 167 g/mol. The van der Waals surface area contributed by atoms with Gasteiger partial charge in [0.15, 0.2) is 0 Å². The average Bonchev–Trinajstić information content (AvgIpc) is 2.47. The summed E-state index contributed by atoms with van der Waals surface area (Å²) < 4.78 is 1.93. The maximum absolute atomic E-state index is 4.14. The molecule has 1 N–H and O–H groups in total. The molecule has 0 bridgehead atoms. The summed E-state index contributed by atoms with van der Waals surface area (Å²) in [6, 6.07) is 2.51. The molecule has 0 aliphatic carbocycles. The van der Waals surface area contributed by atoms with Crippen LogP contribution >= 0.6 is 0 Å². The van der Waals surface area contributed by atoms with E-state index in [-0.39, 0.29) is 0 Å². The molecule has 1 aromatic rings. The molecule has 68 valence electrons. The lowest BCUT2D eigenvalue weighted by Crippen LogP contribution is -2.22. The van der Waals surface area contributed by atoms with Crippen molar-refractivity contribution in [1.82, 2.24) is 15.1 Å². The Bertz CT molecular complexity index is 229. The van der Waals surface area contributed by atoms with Crippen molar-refractivity contribution in [3.63, 3.8) is 0 Å². The van der Waals surface area contributed by atoms with Crippen molar-refractivity contribution in [1.29, 1.82) is 0 Å². The van der Waals surface area contributed by atoms with Crippen LogP contribution in [0.2, 0.25) is 0 Å². The molecule has 1 rings (SSSR count). The second kappa shape index (κ2) is 4.26. The van der Waals surface area contributed by atoms with Gasteiger partial charge in [-0.2, -0.15) is 5.10 Å². The Balaban J connectivity index is 2.72. The summed E-state index contributed by atoms with van der Waals surface area (Å²) in [5.74, 6) is 0. The standard InChI is InChI=1S/C9H17N3/c1-4-8(10-5-2)9-6-7-11-12(9)3/h6-8,10H,4-5H2,1-3H3. The summed E-state index contributed by atoms with van der Waals surface area (Å²) in [5.41, 5.74) is 1.26. The Morgan fingerprint density at radius 2 is 2.33 bits per heavy atom. The zero-order chi connectivity index (χ0) is 8.97. The lowest BCUT2D eigenvalue weighted by Gasteiger charge is -2.15. The number of aromatic nitrogens is 2. The van der Waals surface area contributed by atoms with Crippen molar-refractivity contribution in [2.45, 2.75) is 26.3 Å². The number of aryl methyl sites for hydroxylation is 1. The Hall–Kier alpha value is -0.830. The van der Waals surface area contributed by atoms with Gasteiger partial charge in [0.05, 0.1) is 5.69 Å². The van der Waals surface area contributed by atoms with Gasteiger partial charge in [0.2, 0.25) is 0 Å². The van der Waals surface area contributed by atoms with Crippen LogP contribution in [-0.4, -0.2) is 16.3 Å². The summed E-state index contributed by atoms with van der Waals surface area (Å²) in [6.07, 6.45) is 2.95. The van der Waals surface area contributed by atoms with Crippen LogP contribution in [0.15, 0.2) is 12.3 Å². The average molecular weight is 167 g/mol. The lowest BCUT2D eigenvalue weighted by atomic mass is 10.1. The highest BCUT2D eigenvalue weighted by molar-refractivity contribution is 5.05. The molecule has 0 radical (unpaired) electrons. The maximum Gasteiger partial charge on any atom is 0.0550 e. The minimum atomic E-state index is 0.447. The summed E-state index contributed by atoms with van der Waals surface area (Å²) in [6.45, 7) is 5.31. The van der Waals surface area contributed by atoms with Crippen LogP contribution in [0.5, 0.6) is 0 Å². The SMILES string of the molecule is CCNC(CC)c1ccnn1C. The second-order valence-corrected chi connectivity index (χ2v) is 2.90. The zero-order valence-electron chi connectivity index (χ0n) is 8.04. The van der Waals surface area contributed by atoms with Crippen LogP contribution in [0.3, 0.4) is 0 Å². The third-order valence-corrected chi connectivity index (χ3v) is 2.07. The van der Waals surface area contributed by atoms with E-state index in [4.69, 9.17) is 0 Å². The van der Waals surface area contributed by atoms with Crippen LogP contribution in [0, 0.1) is 0 Å². The molecular weight excluding hydrogens is 150 g/mol. The van der Waals surface area contributed by atoms with Crippen LogP contribution in [0.25, 0.3) is 0 Å². The molecular formula is C9H17N3. The number of nitrogens with zero attached hydrogens (tertiary/aromatic N) is 2. The topological polar surface area (TPSA) is 29.9 Å². The number of hydrogen-bond donors (Lipinski definition) is 1. The normalized spacial score (nSPS) is 13.2. The second-order valence-electron chi connectivity index (χ2n) is 2.90. The van der Waals surface area contributed by atoms with Gasteiger partial charge in [-0.3, -0.25) is 4.68 Å². The third kappa shape index (κ3) is 1.85. The molecule has 0 aliphatic heterocycles. The number of nitrogens with one attached hydrogen (secondary N) is 1. The first-order valence-electron chi connectivity index (χ1n) is 4.50. The highest BCUT2D eigenvalue weighted by Gasteiger charge is 2.10. The first-order valence-corrected chi connectivity index (χ1v) is 4.50. The minimum absolute atomic E-state index is 0.447. The Morgan fingerprint density at radius 1 is 1.58 bits per heavy atom. The predicted octanol–water partition coefficient (Wildman–Crippen LogP) is 1.48. The van der Waals surface area contributed by atoms with Crippen molar-refractivity contribution in [3.8, 4) is 0 Å². The molecule has 3 nitrogen and oxygen atoms in total. The first-order chi connectivity index (χ1) is 5.79. The summed E-state index contributed by atoms with van der Waals surface area (Å²) in [5, 5.41) is 7.56. The van der Waals surface area contributed by atoms with E-state index in [2.05, 4.69) is 30.3 Å². The van der Waals surface area contributed by atoms with E-state index >= 15 is 0 Å². The molecule has 1 unspecified atom stereocenters. The smallest absolute Gasteiger partial charge is 0.0550 e. The quantitative estimate of drug-likeness (QED) is 0.736. The van der Waals surface area contributed by atoms with Gasteiger partial charge in [0.1, 0.15) is 0 Å². The lowest BCUT2D eigenvalue weighted by molar-refractivity contribution is 0.498. The van der Waals surface area contributed by atoms with Crippen molar-refractivity contribution in [3.05, 3.63) is 18.0 Å². The summed E-state index contributed by atoms with van der Waals surface area (Å²) in [4.78, 5) is 0. The Morgan fingerprint density at radius 3 is 2.75 bits per heavy atom. The fourth-order valence-electron chi connectivity index (χ4n) is 1.43. The van der Waals surface area contributed by atoms with Crippen molar-refractivity contribution in [2.75, 3.05) is 6.54 Å². The van der Waals surface area contributed by atoms with Gasteiger partial charge in [-0.1, -0.05) is 13.8 Å². The van der Waals surface area contributed by atoms with Gasteiger partial charge in [0, 0.05) is 19.3 Å². The van der Waals surface area contributed by atoms with Crippen LogP contribution in [0.4, 0.5) is 0 Å². The van der Waals surface area contributed by atoms with E-state index in [0.29, 0.717) is 6.04 Å². The zero-order valence-corrected chi connectivity index (χ0v) is 8.04. The highest BCUT2D eigenvalue weighted by atomic mass is 15.3. The van der Waals surface area contributed by atoms with Crippen LogP contribution in [-0.2, 0) is 7.05 Å². The van der Waals surface area contributed by atoms with Gasteiger partial charge in [-0.25, -0.2) is 0 Å². The molecule has 3 heteroatoms. The van der Waals surface area contributed by atoms with Crippen molar-refractivity contribution in [2.24, 2.45) is 7.05 Å². The van der Waals surface area contributed by atoms with Crippen LogP contribution < -0.4 is 5.32 Å². The van der Waals surface area contributed by atoms with E-state index in [1.165, 1.54) is 5.69 Å². The van der Waals surface area contributed by atoms with Gasteiger partial charge >= 0.3 is 0 Å². The summed E-state index contributed by atoms with van der Waals surface area (Å²) >= 11 is 0. The van der Waals surface area contributed by atoms with E-state index in [0.717, 1.165) is 13.0 Å². The predicted molar refractivity (Wildman–Crippen MR) is 49.9 cm³/mol. The fourth-order valence-corrected chi connectivity index (χ4v) is 1.43. The highest BCUT2D eigenvalue weighted by Crippen LogP contribution is 2.14. The number of hydrogen-bond acceptors (Lipinski definition) is 2. The molecule has 12 heavy (non-hydrogen) atoms. The summed E-state index contributed by atoms with van der Waals surface area (Å²) in [7, 11) is 1.98. The molecule has 0 saturated heterocycles. The largest absolute Gasteiger partial charge is 0.309 e. The maximum atomic E-state index is 4.14. The molecule has 1 heterocycles. The molecule has 0 saturated carbocycles. The molecule has 0 amide bonds. The van der Waals surface area contributed by atoms with E-state index < -0.39 is 0 Å². The molecule has 1 aromatic heterocycles. The fraction of sp³-hybridized carbons (Fsp3) is 0.667. The van der Waals surface area contributed by atoms with Gasteiger partial charge in [-0.15, -0.1) is 0 Å². The van der Waals surface area contributed by atoms with Gasteiger partial charge in [0.25, 0.3) is 0 Å². The molecule has 0 aromatic carbocycles. The molecule has 0 spiro atoms.